The molecule has 0 radical (unpaired) electrons. The largest absolute Gasteiger partial charge is 0.341 e. The Morgan fingerprint density at radius 2 is 1.52 bits per heavy atom. The standard InChI is InChI=1S/C17H19BrN4O4S/c1-19-17(24)21-13-7-5-12(6-8-13)20-16(23)11-4-9-14(18)15(10-11)27(25,26)22(2)3/h4-10H,1-3H3,(H,20,23)(H2,19,21,24). The fraction of sp³-hybridized carbons (Fsp3) is 0.176. The Kier molecular flexibility index (Phi) is 6.58. The topological polar surface area (TPSA) is 108 Å². The second-order valence-electron chi connectivity index (χ2n) is 5.67. The summed E-state index contributed by atoms with van der Waals surface area (Å²) in [5.74, 6) is -0.454. The van der Waals surface area contributed by atoms with Gasteiger partial charge in [0.2, 0.25) is 10.0 Å². The van der Waals surface area contributed by atoms with Crippen LogP contribution in [0.25, 0.3) is 0 Å². The number of nitrogens with one attached hydrogen (secondary N) is 3. The van der Waals surface area contributed by atoms with E-state index >= 15 is 0 Å². The van der Waals surface area contributed by atoms with Crippen LogP contribution in [0.2, 0.25) is 0 Å². The second-order valence-corrected chi connectivity index (χ2v) is 8.64. The molecule has 10 heteroatoms. The molecular weight excluding hydrogens is 436 g/mol. The van der Waals surface area contributed by atoms with E-state index in [9.17, 15) is 18.0 Å². The van der Waals surface area contributed by atoms with Crippen LogP contribution >= 0.6 is 15.9 Å². The van der Waals surface area contributed by atoms with E-state index in [2.05, 4.69) is 31.9 Å². The Balaban J connectivity index is 2.20. The van der Waals surface area contributed by atoms with Crippen LogP contribution < -0.4 is 16.0 Å². The second kappa shape index (κ2) is 8.51. The van der Waals surface area contributed by atoms with Gasteiger partial charge in [0.1, 0.15) is 0 Å². The number of amides is 3. The zero-order valence-corrected chi connectivity index (χ0v) is 17.3. The molecule has 0 heterocycles. The van der Waals surface area contributed by atoms with Crippen molar-refractivity contribution in [1.29, 1.82) is 0 Å². The first kappa shape index (κ1) is 20.9. The van der Waals surface area contributed by atoms with Crippen molar-refractivity contribution in [2.45, 2.75) is 4.90 Å². The fourth-order valence-electron chi connectivity index (χ4n) is 2.07. The van der Waals surface area contributed by atoms with E-state index in [-0.39, 0.29) is 16.5 Å². The normalized spacial score (nSPS) is 11.1. The highest BCUT2D eigenvalue weighted by molar-refractivity contribution is 9.10. The SMILES string of the molecule is CNC(=O)Nc1ccc(NC(=O)c2ccc(Br)c(S(=O)(=O)N(C)C)c2)cc1. The van der Waals surface area contributed by atoms with Gasteiger partial charge in [0, 0.05) is 42.6 Å². The van der Waals surface area contributed by atoms with Gasteiger partial charge in [-0.05, 0) is 58.4 Å². The number of rotatable bonds is 5. The first-order valence-electron chi connectivity index (χ1n) is 7.77. The van der Waals surface area contributed by atoms with E-state index in [0.717, 1.165) is 4.31 Å². The molecule has 144 valence electrons. The predicted octanol–water partition coefficient (Wildman–Crippen LogP) is 2.70. The lowest BCUT2D eigenvalue weighted by Gasteiger charge is -2.14. The summed E-state index contributed by atoms with van der Waals surface area (Å²) in [6, 6.07) is 10.5. The van der Waals surface area contributed by atoms with Gasteiger partial charge in [-0.25, -0.2) is 17.5 Å². The van der Waals surface area contributed by atoms with Crippen molar-refractivity contribution in [3.05, 3.63) is 52.5 Å². The molecule has 0 aliphatic carbocycles. The number of hydrogen-bond donors (Lipinski definition) is 3. The van der Waals surface area contributed by atoms with Gasteiger partial charge < -0.3 is 16.0 Å². The van der Waals surface area contributed by atoms with Crippen molar-refractivity contribution in [2.24, 2.45) is 0 Å². The predicted molar refractivity (Wildman–Crippen MR) is 107 cm³/mol. The molecule has 0 saturated heterocycles. The van der Waals surface area contributed by atoms with Crippen molar-refractivity contribution in [3.8, 4) is 0 Å². The van der Waals surface area contributed by atoms with Gasteiger partial charge in [0.05, 0.1) is 4.90 Å². The summed E-state index contributed by atoms with van der Waals surface area (Å²) in [6.07, 6.45) is 0. The molecule has 2 aromatic carbocycles. The Bertz CT molecular complexity index is 959. The summed E-state index contributed by atoms with van der Waals surface area (Å²) < 4.78 is 26.2. The summed E-state index contributed by atoms with van der Waals surface area (Å²) in [7, 11) is 0.650. The Morgan fingerprint density at radius 3 is 2.04 bits per heavy atom. The average Bonchev–Trinajstić information content (AvgIpc) is 2.63. The van der Waals surface area contributed by atoms with Crippen LogP contribution in [0.15, 0.2) is 51.8 Å². The highest BCUT2D eigenvalue weighted by atomic mass is 79.9. The number of nitrogens with zero attached hydrogens (tertiary/aromatic N) is 1. The molecule has 0 aliphatic rings. The lowest BCUT2D eigenvalue weighted by molar-refractivity contribution is 0.102. The summed E-state index contributed by atoms with van der Waals surface area (Å²) in [4.78, 5) is 23.7. The van der Waals surface area contributed by atoms with E-state index in [4.69, 9.17) is 0 Å². The number of benzene rings is 2. The zero-order valence-electron chi connectivity index (χ0n) is 14.9. The Hall–Kier alpha value is -2.43. The third kappa shape index (κ3) is 5.06. The van der Waals surface area contributed by atoms with Gasteiger partial charge in [-0.3, -0.25) is 4.79 Å². The summed E-state index contributed by atoms with van der Waals surface area (Å²) in [6.45, 7) is 0. The molecule has 0 fully saturated rings. The molecule has 0 saturated carbocycles. The van der Waals surface area contributed by atoms with Crippen LogP contribution in [-0.2, 0) is 10.0 Å². The number of hydrogen-bond acceptors (Lipinski definition) is 4. The smallest absolute Gasteiger partial charge is 0.318 e. The number of anilines is 2. The van der Waals surface area contributed by atoms with E-state index in [0.29, 0.717) is 15.8 Å². The van der Waals surface area contributed by atoms with Crippen molar-refractivity contribution in [2.75, 3.05) is 31.8 Å². The van der Waals surface area contributed by atoms with Crippen LogP contribution in [0.4, 0.5) is 16.2 Å². The molecule has 3 N–H and O–H groups in total. The minimum atomic E-state index is -3.70. The third-order valence-electron chi connectivity index (χ3n) is 3.58. The average molecular weight is 455 g/mol. The minimum Gasteiger partial charge on any atom is -0.341 e. The third-order valence-corrected chi connectivity index (χ3v) is 6.39. The molecule has 0 atom stereocenters. The number of carbonyl (C=O) groups excluding carboxylic acids is 2. The molecule has 2 aromatic rings. The number of urea groups is 1. The lowest BCUT2D eigenvalue weighted by atomic mass is 10.2. The first-order chi connectivity index (χ1) is 12.6. The molecule has 0 spiro atoms. The number of halogens is 1. The Labute approximate surface area is 166 Å². The van der Waals surface area contributed by atoms with Crippen LogP contribution in [0.5, 0.6) is 0 Å². The summed E-state index contributed by atoms with van der Waals surface area (Å²) in [5, 5.41) is 7.73. The maximum atomic E-state index is 12.5. The Morgan fingerprint density at radius 1 is 0.963 bits per heavy atom. The van der Waals surface area contributed by atoms with E-state index < -0.39 is 15.9 Å². The van der Waals surface area contributed by atoms with Crippen molar-refractivity contribution >= 4 is 49.3 Å². The molecule has 2 rings (SSSR count). The molecular formula is C17H19BrN4O4S. The quantitative estimate of drug-likeness (QED) is 0.645. The summed E-state index contributed by atoms with van der Waals surface area (Å²) in [5.41, 5.74) is 1.27. The van der Waals surface area contributed by atoms with Crippen LogP contribution in [0, 0.1) is 0 Å². The van der Waals surface area contributed by atoms with Gasteiger partial charge in [0.15, 0.2) is 0 Å². The maximum Gasteiger partial charge on any atom is 0.318 e. The molecule has 0 aromatic heterocycles. The van der Waals surface area contributed by atoms with Crippen molar-refractivity contribution < 1.29 is 18.0 Å². The van der Waals surface area contributed by atoms with E-state index in [1.54, 1.807) is 24.3 Å². The van der Waals surface area contributed by atoms with Gasteiger partial charge in [0.25, 0.3) is 5.91 Å². The minimum absolute atomic E-state index is 0.00489. The van der Waals surface area contributed by atoms with Crippen LogP contribution in [-0.4, -0.2) is 45.8 Å². The van der Waals surface area contributed by atoms with Gasteiger partial charge in [-0.2, -0.15) is 0 Å². The molecule has 27 heavy (non-hydrogen) atoms. The van der Waals surface area contributed by atoms with Gasteiger partial charge >= 0.3 is 6.03 Å². The molecule has 0 aliphatic heterocycles. The van der Waals surface area contributed by atoms with E-state index in [1.807, 2.05) is 0 Å². The molecule has 8 nitrogen and oxygen atoms in total. The summed E-state index contributed by atoms with van der Waals surface area (Å²) >= 11 is 3.21. The van der Waals surface area contributed by atoms with Crippen LogP contribution in [0.3, 0.4) is 0 Å². The highest BCUT2D eigenvalue weighted by Crippen LogP contribution is 2.25. The highest BCUT2D eigenvalue weighted by Gasteiger charge is 2.22. The van der Waals surface area contributed by atoms with Gasteiger partial charge in [-0.15, -0.1) is 0 Å². The number of sulfonamides is 1. The van der Waals surface area contributed by atoms with Gasteiger partial charge in [-0.1, -0.05) is 0 Å². The molecule has 0 unspecified atom stereocenters. The first-order valence-corrected chi connectivity index (χ1v) is 10.0. The van der Waals surface area contributed by atoms with Crippen LogP contribution in [0.1, 0.15) is 10.4 Å². The van der Waals surface area contributed by atoms with Crippen molar-refractivity contribution in [3.63, 3.8) is 0 Å². The number of carbonyl (C=O) groups is 2. The zero-order chi connectivity index (χ0) is 20.2. The lowest BCUT2D eigenvalue weighted by Crippen LogP contribution is -2.24. The molecule has 3 amide bonds. The molecule has 0 bridgehead atoms. The maximum absolute atomic E-state index is 12.5. The fourth-order valence-corrected chi connectivity index (χ4v) is 3.92. The van der Waals surface area contributed by atoms with E-state index in [1.165, 1.54) is 39.3 Å². The van der Waals surface area contributed by atoms with Crippen molar-refractivity contribution in [1.82, 2.24) is 9.62 Å². The monoisotopic (exact) mass is 454 g/mol.